The number of nitrogens with zero attached hydrogens (tertiary/aromatic N) is 2. The van der Waals surface area contributed by atoms with E-state index in [1.54, 1.807) is 0 Å². The van der Waals surface area contributed by atoms with Crippen molar-refractivity contribution < 1.29 is 24.0 Å². The van der Waals surface area contributed by atoms with Crippen LogP contribution in [0.25, 0.3) is 5.76 Å². The topological polar surface area (TPSA) is 101 Å². The lowest BCUT2D eigenvalue weighted by Gasteiger charge is -2.25. The van der Waals surface area contributed by atoms with E-state index in [0.717, 1.165) is 12.5 Å². The number of rotatable bonds is 6. The average molecular weight is 398 g/mol. The first-order valence-electron chi connectivity index (χ1n) is 9.13. The Kier molecular flexibility index (Phi) is 5.72. The molecule has 1 fully saturated rings. The number of hydrogen-bond acceptors (Lipinski definition) is 5. The van der Waals surface area contributed by atoms with Crippen LogP contribution in [-0.2, 0) is 9.59 Å². The molecule has 1 aliphatic rings. The monoisotopic (exact) mass is 398 g/mol. The Bertz CT molecular complexity index is 1000. The van der Waals surface area contributed by atoms with Gasteiger partial charge in [0.2, 0.25) is 0 Å². The Labute approximate surface area is 166 Å². The molecule has 2 aromatic rings. The van der Waals surface area contributed by atoms with Gasteiger partial charge in [-0.1, -0.05) is 37.6 Å². The summed E-state index contributed by atoms with van der Waals surface area (Å²) in [6, 6.07) is 9.62. The van der Waals surface area contributed by atoms with Gasteiger partial charge in [-0.25, -0.2) is 4.39 Å². The summed E-state index contributed by atoms with van der Waals surface area (Å²) in [6.07, 6.45) is 1.42. The van der Waals surface area contributed by atoms with Crippen LogP contribution in [0.1, 0.15) is 36.9 Å². The van der Waals surface area contributed by atoms with Crippen molar-refractivity contribution in [2.75, 3.05) is 6.54 Å². The van der Waals surface area contributed by atoms with Crippen LogP contribution < -0.4 is 0 Å². The number of unbranched alkanes of at least 4 members (excludes halogenated alkanes) is 1. The number of amides is 1. The lowest BCUT2D eigenvalue weighted by Crippen LogP contribution is -2.30. The summed E-state index contributed by atoms with van der Waals surface area (Å²) in [4.78, 5) is 37.2. The highest BCUT2D eigenvalue weighted by atomic mass is 19.1. The minimum Gasteiger partial charge on any atom is -0.507 e. The summed E-state index contributed by atoms with van der Waals surface area (Å²) in [5.41, 5.74) is 0.0966. The number of aliphatic hydroxyl groups is 1. The number of aliphatic hydroxyl groups excluding tert-OH is 1. The van der Waals surface area contributed by atoms with Crippen molar-refractivity contribution >= 4 is 23.1 Å². The molecule has 8 heteroatoms. The predicted molar refractivity (Wildman–Crippen MR) is 103 cm³/mol. The Hall–Kier alpha value is -3.55. The maximum absolute atomic E-state index is 13.4. The molecular weight excluding hydrogens is 379 g/mol. The lowest BCUT2D eigenvalue weighted by atomic mass is 9.95. The van der Waals surface area contributed by atoms with Crippen LogP contribution in [-0.4, -0.2) is 33.2 Å². The van der Waals surface area contributed by atoms with Crippen LogP contribution in [0.2, 0.25) is 0 Å². The van der Waals surface area contributed by atoms with Crippen LogP contribution in [0.15, 0.2) is 54.1 Å². The van der Waals surface area contributed by atoms with Crippen molar-refractivity contribution in [3.63, 3.8) is 0 Å². The molecule has 1 unspecified atom stereocenters. The van der Waals surface area contributed by atoms with Gasteiger partial charge in [-0.2, -0.15) is 0 Å². The number of nitro groups is 1. The van der Waals surface area contributed by atoms with Crippen LogP contribution in [0.3, 0.4) is 0 Å². The number of benzene rings is 2. The summed E-state index contributed by atoms with van der Waals surface area (Å²) in [7, 11) is 0. The van der Waals surface area contributed by atoms with Gasteiger partial charge in [-0.15, -0.1) is 0 Å². The number of Topliss-reactive ketones (excluding diaryl/α,β-unsaturated/α-hetero) is 1. The van der Waals surface area contributed by atoms with E-state index >= 15 is 0 Å². The van der Waals surface area contributed by atoms with Crippen molar-refractivity contribution in [2.24, 2.45) is 0 Å². The van der Waals surface area contributed by atoms with E-state index in [4.69, 9.17) is 0 Å². The maximum atomic E-state index is 13.4. The molecule has 0 radical (unpaired) electrons. The zero-order valence-corrected chi connectivity index (χ0v) is 15.7. The number of likely N-dealkylation sites (tertiary alicyclic amines) is 1. The molecule has 29 heavy (non-hydrogen) atoms. The molecule has 0 aromatic heterocycles. The number of nitro benzene ring substituents is 1. The number of ketones is 1. The molecular formula is C21H19FN2O5. The summed E-state index contributed by atoms with van der Waals surface area (Å²) in [6.45, 7) is 2.22. The van der Waals surface area contributed by atoms with Gasteiger partial charge in [0.1, 0.15) is 11.6 Å². The van der Waals surface area contributed by atoms with E-state index in [1.165, 1.54) is 47.4 Å². The number of halogens is 1. The van der Waals surface area contributed by atoms with E-state index in [-0.39, 0.29) is 23.4 Å². The van der Waals surface area contributed by atoms with Crippen LogP contribution in [0, 0.1) is 15.9 Å². The van der Waals surface area contributed by atoms with Crippen molar-refractivity contribution in [3.8, 4) is 0 Å². The second kappa shape index (κ2) is 8.22. The first kappa shape index (κ1) is 20.2. The molecule has 1 heterocycles. The third-order valence-corrected chi connectivity index (χ3v) is 4.81. The molecule has 2 aromatic carbocycles. The molecule has 1 amide bonds. The van der Waals surface area contributed by atoms with E-state index in [2.05, 4.69) is 0 Å². The molecule has 0 aliphatic carbocycles. The highest BCUT2D eigenvalue weighted by Gasteiger charge is 2.45. The standard InChI is InChI=1S/C21H19FN2O5/c1-2-3-11-23-18(13-7-9-15(22)10-8-13)17(20(26)21(23)27)19(25)14-5-4-6-16(12-14)24(28)29/h4-10,12,18,25H,2-3,11H2,1H3/b19-17-. The number of carbonyl (C=O) groups excluding carboxylic acids is 2. The second-order valence-corrected chi connectivity index (χ2v) is 6.71. The zero-order chi connectivity index (χ0) is 21.1. The lowest BCUT2D eigenvalue weighted by molar-refractivity contribution is -0.384. The maximum Gasteiger partial charge on any atom is 0.295 e. The average Bonchev–Trinajstić information content (AvgIpc) is 2.97. The van der Waals surface area contributed by atoms with Crippen molar-refractivity contribution in [3.05, 3.63) is 81.2 Å². The molecule has 1 atom stereocenters. The van der Waals surface area contributed by atoms with Gasteiger partial charge in [0.25, 0.3) is 17.4 Å². The molecule has 1 saturated heterocycles. The van der Waals surface area contributed by atoms with Gasteiger partial charge in [0.05, 0.1) is 16.5 Å². The van der Waals surface area contributed by atoms with Gasteiger partial charge < -0.3 is 10.0 Å². The first-order valence-corrected chi connectivity index (χ1v) is 9.13. The van der Waals surface area contributed by atoms with Crippen molar-refractivity contribution in [2.45, 2.75) is 25.8 Å². The molecule has 150 valence electrons. The SMILES string of the molecule is CCCCN1C(=O)C(=O)/C(=C(\O)c2cccc([N+](=O)[O-])c2)C1c1ccc(F)cc1. The molecule has 0 saturated carbocycles. The smallest absolute Gasteiger partial charge is 0.295 e. The summed E-state index contributed by atoms with van der Waals surface area (Å²) in [5, 5.41) is 21.9. The third kappa shape index (κ3) is 3.87. The van der Waals surface area contributed by atoms with E-state index in [9.17, 15) is 29.2 Å². The summed E-state index contributed by atoms with van der Waals surface area (Å²) in [5.74, 6) is -2.61. The van der Waals surface area contributed by atoms with Gasteiger partial charge >= 0.3 is 0 Å². The van der Waals surface area contributed by atoms with Crippen LogP contribution in [0.4, 0.5) is 10.1 Å². The van der Waals surface area contributed by atoms with Crippen LogP contribution in [0.5, 0.6) is 0 Å². The van der Waals surface area contributed by atoms with E-state index in [1.807, 2.05) is 6.92 Å². The zero-order valence-electron chi connectivity index (χ0n) is 15.7. The van der Waals surface area contributed by atoms with Gasteiger partial charge in [-0.3, -0.25) is 19.7 Å². The number of hydrogen-bond donors (Lipinski definition) is 1. The summed E-state index contributed by atoms with van der Waals surface area (Å²) < 4.78 is 13.4. The number of non-ortho nitro benzene ring substituents is 1. The fraction of sp³-hybridized carbons (Fsp3) is 0.238. The van der Waals surface area contributed by atoms with Crippen LogP contribution >= 0.6 is 0 Å². The quantitative estimate of drug-likeness (QED) is 0.261. The molecule has 0 bridgehead atoms. The van der Waals surface area contributed by atoms with Crippen molar-refractivity contribution in [1.82, 2.24) is 4.90 Å². The molecule has 0 spiro atoms. The highest BCUT2D eigenvalue weighted by molar-refractivity contribution is 6.46. The second-order valence-electron chi connectivity index (χ2n) is 6.71. The Morgan fingerprint density at radius 1 is 1.21 bits per heavy atom. The van der Waals surface area contributed by atoms with Gasteiger partial charge in [0.15, 0.2) is 0 Å². The normalized spacial score (nSPS) is 18.3. The third-order valence-electron chi connectivity index (χ3n) is 4.81. The first-order chi connectivity index (χ1) is 13.8. The highest BCUT2D eigenvalue weighted by Crippen LogP contribution is 2.39. The van der Waals surface area contributed by atoms with E-state index in [0.29, 0.717) is 12.0 Å². The van der Waals surface area contributed by atoms with Gasteiger partial charge in [-0.05, 0) is 24.1 Å². The fourth-order valence-corrected chi connectivity index (χ4v) is 3.35. The molecule has 1 aliphatic heterocycles. The number of carbonyl (C=O) groups is 2. The molecule has 3 rings (SSSR count). The molecule has 1 N–H and O–H groups in total. The fourth-order valence-electron chi connectivity index (χ4n) is 3.35. The Morgan fingerprint density at radius 2 is 1.90 bits per heavy atom. The van der Waals surface area contributed by atoms with E-state index < -0.39 is 34.2 Å². The van der Waals surface area contributed by atoms with Gasteiger partial charge in [0, 0.05) is 24.2 Å². The minimum atomic E-state index is -0.901. The van der Waals surface area contributed by atoms with Crippen molar-refractivity contribution in [1.29, 1.82) is 0 Å². The Morgan fingerprint density at radius 3 is 2.52 bits per heavy atom. The molecule has 7 nitrogen and oxygen atoms in total. The largest absolute Gasteiger partial charge is 0.507 e. The minimum absolute atomic E-state index is 0.0554. The summed E-state index contributed by atoms with van der Waals surface area (Å²) >= 11 is 0. The Balaban J connectivity index is 2.17. The predicted octanol–water partition coefficient (Wildman–Crippen LogP) is 3.96.